The highest BCUT2D eigenvalue weighted by Crippen LogP contribution is 2.44. The highest BCUT2D eigenvalue weighted by molar-refractivity contribution is 5.11. The molecule has 18 heavy (non-hydrogen) atoms. The van der Waals surface area contributed by atoms with Crippen LogP contribution in [0.2, 0.25) is 0 Å². The zero-order valence-corrected chi connectivity index (χ0v) is 12.1. The molecule has 0 radical (unpaired) electrons. The Balaban J connectivity index is 1.78. The minimum absolute atomic E-state index is 0.0144. The molecule has 2 rings (SSSR count). The molecule has 3 heteroatoms. The van der Waals surface area contributed by atoms with Gasteiger partial charge in [0.2, 0.25) is 0 Å². The summed E-state index contributed by atoms with van der Waals surface area (Å²) in [7, 11) is 2.23. The lowest BCUT2D eigenvalue weighted by Crippen LogP contribution is -2.44. The summed E-state index contributed by atoms with van der Waals surface area (Å²) >= 11 is 0. The summed E-state index contributed by atoms with van der Waals surface area (Å²) in [6.07, 6.45) is 4.85. The quantitative estimate of drug-likeness (QED) is 0.812. The summed E-state index contributed by atoms with van der Waals surface area (Å²) < 4.78 is 0. The van der Waals surface area contributed by atoms with E-state index in [9.17, 15) is 0 Å². The Morgan fingerprint density at radius 2 is 2.17 bits per heavy atom. The molecule has 0 aromatic heterocycles. The van der Waals surface area contributed by atoms with Crippen LogP contribution < -0.4 is 5.32 Å². The van der Waals surface area contributed by atoms with Crippen LogP contribution in [0.4, 0.5) is 0 Å². The fraction of sp³-hybridized carbons (Fsp3) is 0.933. The van der Waals surface area contributed by atoms with Gasteiger partial charge in [-0.3, -0.25) is 0 Å². The lowest BCUT2D eigenvalue weighted by molar-refractivity contribution is 0.102. The summed E-state index contributed by atoms with van der Waals surface area (Å²) in [6, 6.07) is 2.45. The SMILES string of the molecule is CN1CCCC(C(C)(C)CNCC2(C#N)CC2)C1. The van der Waals surface area contributed by atoms with Gasteiger partial charge in [0.1, 0.15) is 0 Å². The average Bonchev–Trinajstić information content (AvgIpc) is 3.09. The van der Waals surface area contributed by atoms with Crippen LogP contribution in [0.3, 0.4) is 0 Å². The number of hydrogen-bond acceptors (Lipinski definition) is 3. The summed E-state index contributed by atoms with van der Waals surface area (Å²) in [5, 5.41) is 12.6. The fourth-order valence-electron chi connectivity index (χ4n) is 3.05. The molecule has 0 bridgehead atoms. The van der Waals surface area contributed by atoms with E-state index in [1.807, 2.05) is 0 Å². The number of nitrogens with one attached hydrogen (secondary N) is 1. The smallest absolute Gasteiger partial charge is 0.0703 e. The van der Waals surface area contributed by atoms with Crippen molar-refractivity contribution in [3.63, 3.8) is 0 Å². The van der Waals surface area contributed by atoms with Gasteiger partial charge in [0.05, 0.1) is 11.5 Å². The maximum Gasteiger partial charge on any atom is 0.0703 e. The Labute approximate surface area is 112 Å². The normalized spacial score (nSPS) is 27.8. The molecule has 1 aliphatic heterocycles. The van der Waals surface area contributed by atoms with Gasteiger partial charge in [0.15, 0.2) is 0 Å². The minimum atomic E-state index is -0.0144. The van der Waals surface area contributed by atoms with Crippen LogP contribution in [0.25, 0.3) is 0 Å². The van der Waals surface area contributed by atoms with Crippen LogP contribution in [0.1, 0.15) is 39.5 Å². The Bertz CT molecular complexity index is 325. The molecule has 0 amide bonds. The van der Waals surface area contributed by atoms with Crippen molar-refractivity contribution >= 4 is 0 Å². The van der Waals surface area contributed by atoms with Crippen molar-refractivity contribution in [2.24, 2.45) is 16.7 Å². The van der Waals surface area contributed by atoms with Crippen LogP contribution in [-0.4, -0.2) is 38.1 Å². The number of piperidine rings is 1. The summed E-state index contributed by atoms with van der Waals surface area (Å²) in [5.41, 5.74) is 0.319. The van der Waals surface area contributed by atoms with Gasteiger partial charge >= 0.3 is 0 Å². The zero-order chi connectivity index (χ0) is 13.2. The summed E-state index contributed by atoms with van der Waals surface area (Å²) in [5.74, 6) is 0.779. The maximum atomic E-state index is 9.07. The highest BCUT2D eigenvalue weighted by atomic mass is 15.1. The third-order valence-electron chi connectivity index (χ3n) is 4.86. The van der Waals surface area contributed by atoms with E-state index in [4.69, 9.17) is 5.26 Å². The third kappa shape index (κ3) is 3.24. The molecule has 0 aromatic carbocycles. The molecule has 1 heterocycles. The van der Waals surface area contributed by atoms with E-state index in [1.165, 1.54) is 25.9 Å². The van der Waals surface area contributed by atoms with Crippen molar-refractivity contribution in [3.8, 4) is 6.07 Å². The van der Waals surface area contributed by atoms with Crippen molar-refractivity contribution < 1.29 is 0 Å². The summed E-state index contributed by atoms with van der Waals surface area (Å²) in [6.45, 7) is 9.13. The number of nitrogens with zero attached hydrogens (tertiary/aromatic N) is 2. The largest absolute Gasteiger partial charge is 0.315 e. The van der Waals surface area contributed by atoms with Crippen LogP contribution in [0, 0.1) is 28.1 Å². The van der Waals surface area contributed by atoms with Gasteiger partial charge in [0.25, 0.3) is 0 Å². The Hall–Kier alpha value is -0.590. The predicted molar refractivity (Wildman–Crippen MR) is 74.2 cm³/mol. The second kappa shape index (κ2) is 5.19. The molecule has 0 aromatic rings. The molecule has 102 valence electrons. The van der Waals surface area contributed by atoms with Crippen LogP contribution >= 0.6 is 0 Å². The first-order valence-corrected chi connectivity index (χ1v) is 7.28. The molecule has 1 unspecified atom stereocenters. The van der Waals surface area contributed by atoms with E-state index in [2.05, 4.69) is 37.2 Å². The second-order valence-electron chi connectivity index (χ2n) is 7.09. The van der Waals surface area contributed by atoms with Crippen molar-refractivity contribution in [3.05, 3.63) is 0 Å². The lowest BCUT2D eigenvalue weighted by atomic mass is 9.74. The van der Waals surface area contributed by atoms with E-state index in [1.54, 1.807) is 0 Å². The predicted octanol–water partition coefficient (Wildman–Crippen LogP) is 2.25. The molecule has 1 saturated heterocycles. The molecule has 1 aliphatic carbocycles. The van der Waals surface area contributed by atoms with E-state index in [-0.39, 0.29) is 5.41 Å². The van der Waals surface area contributed by atoms with Crippen molar-refractivity contribution in [1.82, 2.24) is 10.2 Å². The third-order valence-corrected chi connectivity index (χ3v) is 4.86. The van der Waals surface area contributed by atoms with Crippen molar-refractivity contribution in [2.75, 3.05) is 33.2 Å². The standard InChI is InChI=1S/C15H27N3/c1-14(2,13-5-4-8-18(3)9-13)11-17-12-15(10-16)6-7-15/h13,17H,4-9,11-12H2,1-3H3. The zero-order valence-electron chi connectivity index (χ0n) is 12.1. The van der Waals surface area contributed by atoms with E-state index in [0.29, 0.717) is 5.41 Å². The van der Waals surface area contributed by atoms with E-state index < -0.39 is 0 Å². The lowest BCUT2D eigenvalue weighted by Gasteiger charge is -2.40. The molecule has 2 aliphatic rings. The maximum absolute atomic E-state index is 9.07. The molecule has 1 N–H and O–H groups in total. The highest BCUT2D eigenvalue weighted by Gasteiger charge is 2.43. The van der Waals surface area contributed by atoms with Gasteiger partial charge in [-0.2, -0.15) is 5.26 Å². The van der Waals surface area contributed by atoms with Crippen molar-refractivity contribution in [1.29, 1.82) is 5.26 Å². The first-order valence-electron chi connectivity index (χ1n) is 7.28. The van der Waals surface area contributed by atoms with Gasteiger partial charge in [0, 0.05) is 19.6 Å². The topological polar surface area (TPSA) is 39.1 Å². The molecular formula is C15H27N3. The fourth-order valence-corrected chi connectivity index (χ4v) is 3.05. The monoisotopic (exact) mass is 249 g/mol. The Morgan fingerprint density at radius 1 is 1.44 bits per heavy atom. The van der Waals surface area contributed by atoms with Crippen molar-refractivity contribution in [2.45, 2.75) is 39.5 Å². The molecule has 3 nitrogen and oxygen atoms in total. The molecule has 2 fully saturated rings. The van der Waals surface area contributed by atoms with Gasteiger partial charge in [-0.25, -0.2) is 0 Å². The minimum Gasteiger partial charge on any atom is -0.315 e. The number of hydrogen-bond donors (Lipinski definition) is 1. The number of likely N-dealkylation sites (tertiary alicyclic amines) is 1. The average molecular weight is 249 g/mol. The molecule has 1 atom stereocenters. The van der Waals surface area contributed by atoms with Gasteiger partial charge < -0.3 is 10.2 Å². The first kappa shape index (κ1) is 13.8. The summed E-state index contributed by atoms with van der Waals surface area (Å²) in [4.78, 5) is 2.45. The molecule has 1 saturated carbocycles. The van der Waals surface area contributed by atoms with Crippen LogP contribution in [-0.2, 0) is 0 Å². The van der Waals surface area contributed by atoms with Crippen LogP contribution in [0.15, 0.2) is 0 Å². The number of rotatable bonds is 5. The first-order chi connectivity index (χ1) is 8.47. The van der Waals surface area contributed by atoms with Gasteiger partial charge in [-0.1, -0.05) is 13.8 Å². The Kier molecular flexibility index (Phi) is 3.99. The molecular weight excluding hydrogens is 222 g/mol. The van der Waals surface area contributed by atoms with E-state index >= 15 is 0 Å². The Morgan fingerprint density at radius 3 is 2.72 bits per heavy atom. The van der Waals surface area contributed by atoms with Crippen LogP contribution in [0.5, 0.6) is 0 Å². The molecule has 0 spiro atoms. The van der Waals surface area contributed by atoms with Gasteiger partial charge in [-0.15, -0.1) is 0 Å². The number of nitriles is 1. The second-order valence-corrected chi connectivity index (χ2v) is 7.09. The van der Waals surface area contributed by atoms with E-state index in [0.717, 1.165) is 31.8 Å². The van der Waals surface area contributed by atoms with Gasteiger partial charge in [-0.05, 0) is 50.6 Å².